The number of para-hydroxylation sites is 1. The van der Waals surface area contributed by atoms with Crippen molar-refractivity contribution in [2.45, 2.75) is 25.1 Å². The van der Waals surface area contributed by atoms with E-state index >= 15 is 0 Å². The first kappa shape index (κ1) is 14.8. The second kappa shape index (κ2) is 6.61. The smallest absolute Gasteiger partial charge is 0.295 e. The predicted molar refractivity (Wildman–Crippen MR) is 75.3 cm³/mol. The molecule has 0 fully saturated rings. The Balaban J connectivity index is 2.97. The summed E-state index contributed by atoms with van der Waals surface area (Å²) < 4.78 is 0. The molecule has 18 heavy (non-hydrogen) atoms. The first-order chi connectivity index (χ1) is 8.51. The van der Waals surface area contributed by atoms with E-state index in [1.165, 1.54) is 11.8 Å². The number of aliphatic hydroxyl groups is 1. The Morgan fingerprint density at radius 1 is 1.56 bits per heavy atom. The van der Waals surface area contributed by atoms with Crippen molar-refractivity contribution in [3.8, 4) is 0 Å². The Morgan fingerprint density at radius 3 is 2.72 bits per heavy atom. The number of nitro benzene ring substituents is 1. The van der Waals surface area contributed by atoms with E-state index in [9.17, 15) is 15.2 Å². The van der Waals surface area contributed by atoms with Crippen molar-refractivity contribution in [3.05, 3.63) is 33.9 Å². The molecule has 0 aliphatic heterocycles. The predicted octanol–water partition coefficient (Wildman–Crippen LogP) is 2.43. The standard InChI is InChI=1S/C12H18N2O3S/c1-8-5-4-6-10(12(8)14(16)17)13-9(2)11(7-15)18-3/h4-6,9,11,13,15H,7H2,1-3H3. The first-order valence-corrected chi connectivity index (χ1v) is 6.94. The van der Waals surface area contributed by atoms with Crippen molar-refractivity contribution >= 4 is 23.1 Å². The van der Waals surface area contributed by atoms with Crippen LogP contribution in [-0.4, -0.2) is 34.2 Å². The zero-order valence-electron chi connectivity index (χ0n) is 10.7. The molecule has 0 spiro atoms. The highest BCUT2D eigenvalue weighted by Crippen LogP contribution is 2.29. The Labute approximate surface area is 111 Å². The molecule has 100 valence electrons. The molecular formula is C12H18N2O3S. The van der Waals surface area contributed by atoms with Crippen LogP contribution in [0.25, 0.3) is 0 Å². The van der Waals surface area contributed by atoms with Crippen LogP contribution in [0.2, 0.25) is 0 Å². The molecule has 0 radical (unpaired) electrons. The van der Waals surface area contributed by atoms with Gasteiger partial charge in [-0.3, -0.25) is 10.1 Å². The van der Waals surface area contributed by atoms with E-state index in [0.29, 0.717) is 11.3 Å². The zero-order chi connectivity index (χ0) is 13.7. The van der Waals surface area contributed by atoms with Crippen LogP contribution >= 0.6 is 11.8 Å². The van der Waals surface area contributed by atoms with Gasteiger partial charge in [0.25, 0.3) is 5.69 Å². The van der Waals surface area contributed by atoms with Crippen LogP contribution in [0.15, 0.2) is 18.2 Å². The third-order valence-electron chi connectivity index (χ3n) is 2.84. The lowest BCUT2D eigenvalue weighted by atomic mass is 10.1. The number of rotatable bonds is 6. The maximum absolute atomic E-state index is 11.0. The summed E-state index contributed by atoms with van der Waals surface area (Å²) in [6.45, 7) is 3.66. The Bertz CT molecular complexity index is 422. The molecule has 0 aliphatic rings. The monoisotopic (exact) mass is 270 g/mol. The summed E-state index contributed by atoms with van der Waals surface area (Å²) in [7, 11) is 0. The summed E-state index contributed by atoms with van der Waals surface area (Å²) in [6, 6.07) is 5.14. The molecule has 0 heterocycles. The Hall–Kier alpha value is -1.27. The SMILES string of the molecule is CSC(CO)C(C)Nc1cccc(C)c1[N+](=O)[O-]. The van der Waals surface area contributed by atoms with Crippen LogP contribution in [0, 0.1) is 17.0 Å². The van der Waals surface area contributed by atoms with Gasteiger partial charge in [-0.25, -0.2) is 0 Å². The fraction of sp³-hybridized carbons (Fsp3) is 0.500. The van der Waals surface area contributed by atoms with Gasteiger partial charge in [-0.1, -0.05) is 12.1 Å². The van der Waals surface area contributed by atoms with Crippen molar-refractivity contribution < 1.29 is 10.0 Å². The van der Waals surface area contributed by atoms with Gasteiger partial charge in [0.15, 0.2) is 0 Å². The lowest BCUT2D eigenvalue weighted by molar-refractivity contribution is -0.384. The lowest BCUT2D eigenvalue weighted by Crippen LogP contribution is -2.31. The van der Waals surface area contributed by atoms with Crippen molar-refractivity contribution in [2.24, 2.45) is 0 Å². The molecule has 0 aliphatic carbocycles. The van der Waals surface area contributed by atoms with Crippen molar-refractivity contribution in [3.63, 3.8) is 0 Å². The highest BCUT2D eigenvalue weighted by molar-refractivity contribution is 7.99. The van der Waals surface area contributed by atoms with Crippen LogP contribution in [0.3, 0.4) is 0 Å². The van der Waals surface area contributed by atoms with Gasteiger partial charge < -0.3 is 10.4 Å². The maximum Gasteiger partial charge on any atom is 0.295 e. The highest BCUT2D eigenvalue weighted by atomic mass is 32.2. The number of hydrogen-bond acceptors (Lipinski definition) is 5. The number of hydrogen-bond donors (Lipinski definition) is 2. The van der Waals surface area contributed by atoms with Gasteiger partial charge in [-0.05, 0) is 26.2 Å². The van der Waals surface area contributed by atoms with E-state index in [1.807, 2.05) is 13.2 Å². The van der Waals surface area contributed by atoms with Crippen molar-refractivity contribution in [1.29, 1.82) is 0 Å². The number of aliphatic hydroxyl groups excluding tert-OH is 1. The van der Waals surface area contributed by atoms with E-state index in [0.717, 1.165) is 0 Å². The number of thioether (sulfide) groups is 1. The first-order valence-electron chi connectivity index (χ1n) is 5.65. The topological polar surface area (TPSA) is 75.4 Å². The number of nitrogens with one attached hydrogen (secondary N) is 1. The fourth-order valence-electron chi connectivity index (χ4n) is 1.79. The summed E-state index contributed by atoms with van der Waals surface area (Å²) in [6.07, 6.45) is 1.91. The number of nitrogens with zero attached hydrogens (tertiary/aromatic N) is 1. The number of aryl methyl sites for hydroxylation is 1. The fourth-order valence-corrected chi connectivity index (χ4v) is 2.42. The summed E-state index contributed by atoms with van der Waals surface area (Å²) in [5, 5.41) is 23.4. The zero-order valence-corrected chi connectivity index (χ0v) is 11.5. The number of benzene rings is 1. The summed E-state index contributed by atoms with van der Waals surface area (Å²) in [5.74, 6) is 0. The van der Waals surface area contributed by atoms with Gasteiger partial charge in [0.05, 0.1) is 11.5 Å². The average Bonchev–Trinajstić information content (AvgIpc) is 2.30. The van der Waals surface area contributed by atoms with E-state index in [2.05, 4.69) is 5.32 Å². The van der Waals surface area contributed by atoms with Gasteiger partial charge in [0, 0.05) is 16.9 Å². The average molecular weight is 270 g/mol. The normalized spacial score (nSPS) is 14.0. The third kappa shape index (κ3) is 3.36. The van der Waals surface area contributed by atoms with Crippen LogP contribution in [-0.2, 0) is 0 Å². The second-order valence-corrected chi connectivity index (χ2v) is 5.19. The Morgan fingerprint density at radius 2 is 2.22 bits per heavy atom. The molecule has 6 heteroatoms. The second-order valence-electron chi connectivity index (χ2n) is 4.12. The van der Waals surface area contributed by atoms with Gasteiger partial charge >= 0.3 is 0 Å². The molecule has 1 aromatic carbocycles. The molecule has 2 atom stereocenters. The van der Waals surface area contributed by atoms with Crippen molar-refractivity contribution in [2.75, 3.05) is 18.2 Å². The minimum Gasteiger partial charge on any atom is -0.395 e. The minimum atomic E-state index is -0.378. The largest absolute Gasteiger partial charge is 0.395 e. The van der Waals surface area contributed by atoms with Gasteiger partial charge in [0.2, 0.25) is 0 Å². The molecule has 2 unspecified atom stereocenters. The van der Waals surface area contributed by atoms with E-state index in [-0.39, 0.29) is 28.5 Å². The molecule has 0 saturated heterocycles. The third-order valence-corrected chi connectivity index (χ3v) is 4.01. The minimum absolute atomic E-state index is 0.00474. The molecule has 5 nitrogen and oxygen atoms in total. The molecule has 0 aromatic heterocycles. The summed E-state index contributed by atoms with van der Waals surface area (Å²) in [4.78, 5) is 10.7. The quantitative estimate of drug-likeness (QED) is 0.613. The highest BCUT2D eigenvalue weighted by Gasteiger charge is 2.21. The van der Waals surface area contributed by atoms with E-state index in [1.54, 1.807) is 25.1 Å². The summed E-state index contributed by atoms with van der Waals surface area (Å²) >= 11 is 1.53. The number of nitro groups is 1. The number of anilines is 1. The molecule has 2 N–H and O–H groups in total. The van der Waals surface area contributed by atoms with Crippen LogP contribution in [0.5, 0.6) is 0 Å². The summed E-state index contributed by atoms with van der Waals surface area (Å²) in [5.41, 5.74) is 1.23. The molecular weight excluding hydrogens is 252 g/mol. The van der Waals surface area contributed by atoms with Crippen LogP contribution < -0.4 is 5.32 Å². The van der Waals surface area contributed by atoms with Gasteiger partial charge in [0.1, 0.15) is 5.69 Å². The molecule has 0 saturated carbocycles. The molecule has 0 amide bonds. The van der Waals surface area contributed by atoms with Crippen LogP contribution in [0.1, 0.15) is 12.5 Å². The molecule has 1 aromatic rings. The van der Waals surface area contributed by atoms with E-state index < -0.39 is 0 Å². The van der Waals surface area contributed by atoms with Gasteiger partial charge in [-0.2, -0.15) is 11.8 Å². The van der Waals surface area contributed by atoms with Crippen LogP contribution in [0.4, 0.5) is 11.4 Å². The molecule has 0 bridgehead atoms. The van der Waals surface area contributed by atoms with Gasteiger partial charge in [-0.15, -0.1) is 0 Å². The lowest BCUT2D eigenvalue weighted by Gasteiger charge is -2.22. The maximum atomic E-state index is 11.0. The van der Waals surface area contributed by atoms with Crippen molar-refractivity contribution in [1.82, 2.24) is 0 Å². The Kier molecular flexibility index (Phi) is 5.43. The molecule has 1 rings (SSSR count). The van der Waals surface area contributed by atoms with E-state index in [4.69, 9.17) is 0 Å².